The summed E-state index contributed by atoms with van der Waals surface area (Å²) in [7, 11) is 1.62. The highest BCUT2D eigenvalue weighted by Gasteiger charge is 2.14. The SMILES string of the molecule is COc1cccc(C(CCO)c2ccc(F)cc2)c1. The molecule has 0 aliphatic heterocycles. The van der Waals surface area contributed by atoms with Gasteiger partial charge in [-0.25, -0.2) is 4.39 Å². The maximum atomic E-state index is 13.0. The summed E-state index contributed by atoms with van der Waals surface area (Å²) in [4.78, 5) is 0. The van der Waals surface area contributed by atoms with Crippen LogP contribution < -0.4 is 4.74 Å². The fraction of sp³-hybridized carbons (Fsp3) is 0.250. The van der Waals surface area contributed by atoms with Crippen LogP contribution in [0.3, 0.4) is 0 Å². The number of methoxy groups -OCH3 is 1. The average Bonchev–Trinajstić information content (AvgIpc) is 2.46. The molecule has 100 valence electrons. The van der Waals surface area contributed by atoms with E-state index in [1.807, 2.05) is 24.3 Å². The van der Waals surface area contributed by atoms with Crippen LogP contribution in [0.1, 0.15) is 23.5 Å². The largest absolute Gasteiger partial charge is 0.497 e. The molecule has 2 rings (SSSR count). The molecule has 0 bridgehead atoms. The van der Waals surface area contributed by atoms with Crippen molar-refractivity contribution in [3.63, 3.8) is 0 Å². The first-order chi connectivity index (χ1) is 9.24. The fourth-order valence-electron chi connectivity index (χ4n) is 2.21. The van der Waals surface area contributed by atoms with Crippen molar-refractivity contribution in [1.82, 2.24) is 0 Å². The van der Waals surface area contributed by atoms with Crippen molar-refractivity contribution >= 4 is 0 Å². The van der Waals surface area contributed by atoms with Gasteiger partial charge in [-0.1, -0.05) is 24.3 Å². The molecule has 0 aliphatic rings. The van der Waals surface area contributed by atoms with Crippen molar-refractivity contribution in [2.75, 3.05) is 13.7 Å². The molecule has 3 heteroatoms. The maximum absolute atomic E-state index is 13.0. The monoisotopic (exact) mass is 260 g/mol. The van der Waals surface area contributed by atoms with E-state index in [1.54, 1.807) is 19.2 Å². The molecule has 2 aromatic carbocycles. The molecule has 0 amide bonds. The first kappa shape index (κ1) is 13.6. The van der Waals surface area contributed by atoms with Crippen LogP contribution in [-0.4, -0.2) is 18.8 Å². The zero-order valence-electron chi connectivity index (χ0n) is 10.8. The lowest BCUT2D eigenvalue weighted by atomic mass is 9.89. The minimum Gasteiger partial charge on any atom is -0.497 e. The van der Waals surface area contributed by atoms with Gasteiger partial charge >= 0.3 is 0 Å². The second-order valence-electron chi connectivity index (χ2n) is 4.39. The molecular formula is C16H17FO2. The molecule has 2 aromatic rings. The molecule has 0 spiro atoms. The highest BCUT2D eigenvalue weighted by Crippen LogP contribution is 2.30. The van der Waals surface area contributed by atoms with E-state index in [1.165, 1.54) is 12.1 Å². The summed E-state index contributed by atoms with van der Waals surface area (Å²) in [6.45, 7) is 0.0826. The van der Waals surface area contributed by atoms with Gasteiger partial charge in [0, 0.05) is 12.5 Å². The Kier molecular flexibility index (Phi) is 4.53. The number of halogens is 1. The standard InChI is InChI=1S/C16H17FO2/c1-19-15-4-2-3-13(11-15)16(9-10-18)12-5-7-14(17)8-6-12/h2-8,11,16,18H,9-10H2,1H3. The molecule has 19 heavy (non-hydrogen) atoms. The molecule has 0 fully saturated rings. The summed E-state index contributed by atoms with van der Waals surface area (Å²) in [6.07, 6.45) is 0.596. The lowest BCUT2D eigenvalue weighted by Crippen LogP contribution is -2.04. The molecule has 0 saturated carbocycles. The minimum atomic E-state index is -0.253. The van der Waals surface area contributed by atoms with E-state index in [0.717, 1.165) is 16.9 Å². The van der Waals surface area contributed by atoms with Crippen molar-refractivity contribution in [3.05, 3.63) is 65.5 Å². The summed E-state index contributed by atoms with van der Waals surface area (Å²) >= 11 is 0. The number of aliphatic hydroxyl groups is 1. The molecule has 1 unspecified atom stereocenters. The smallest absolute Gasteiger partial charge is 0.123 e. The third-order valence-electron chi connectivity index (χ3n) is 3.19. The molecular weight excluding hydrogens is 243 g/mol. The van der Waals surface area contributed by atoms with Crippen LogP contribution in [0, 0.1) is 5.82 Å². The Morgan fingerprint density at radius 3 is 2.47 bits per heavy atom. The van der Waals surface area contributed by atoms with Crippen molar-refractivity contribution in [2.24, 2.45) is 0 Å². The Balaban J connectivity index is 2.35. The summed E-state index contributed by atoms with van der Waals surface area (Å²) in [5.74, 6) is 0.570. The number of hydrogen-bond donors (Lipinski definition) is 1. The minimum absolute atomic E-state index is 0.0423. The van der Waals surface area contributed by atoms with Gasteiger partial charge in [-0.05, 0) is 41.8 Å². The van der Waals surface area contributed by atoms with Crippen molar-refractivity contribution in [2.45, 2.75) is 12.3 Å². The third-order valence-corrected chi connectivity index (χ3v) is 3.19. The molecule has 0 aromatic heterocycles. The van der Waals surface area contributed by atoms with Gasteiger partial charge in [0.05, 0.1) is 7.11 Å². The molecule has 1 atom stereocenters. The molecule has 1 N–H and O–H groups in total. The van der Waals surface area contributed by atoms with Crippen LogP contribution in [0.4, 0.5) is 4.39 Å². The normalized spacial score (nSPS) is 12.2. The topological polar surface area (TPSA) is 29.5 Å². The van der Waals surface area contributed by atoms with Crippen LogP contribution in [0.15, 0.2) is 48.5 Å². The summed E-state index contributed by atoms with van der Waals surface area (Å²) in [5, 5.41) is 9.24. The third kappa shape index (κ3) is 3.32. The van der Waals surface area contributed by atoms with E-state index < -0.39 is 0 Å². The Hall–Kier alpha value is -1.87. The van der Waals surface area contributed by atoms with Gasteiger partial charge in [-0.2, -0.15) is 0 Å². The van der Waals surface area contributed by atoms with Crippen LogP contribution in [-0.2, 0) is 0 Å². The van der Waals surface area contributed by atoms with Crippen LogP contribution in [0.25, 0.3) is 0 Å². The van der Waals surface area contributed by atoms with Crippen LogP contribution >= 0.6 is 0 Å². The van der Waals surface area contributed by atoms with E-state index in [2.05, 4.69) is 0 Å². The molecule has 0 radical (unpaired) electrons. The first-order valence-corrected chi connectivity index (χ1v) is 6.25. The van der Waals surface area contributed by atoms with E-state index in [0.29, 0.717) is 6.42 Å². The Morgan fingerprint density at radius 2 is 1.84 bits per heavy atom. The Morgan fingerprint density at radius 1 is 1.11 bits per heavy atom. The Bertz CT molecular complexity index is 523. The van der Waals surface area contributed by atoms with Crippen molar-refractivity contribution in [1.29, 1.82) is 0 Å². The van der Waals surface area contributed by atoms with Gasteiger partial charge in [0.25, 0.3) is 0 Å². The number of rotatable bonds is 5. The van der Waals surface area contributed by atoms with E-state index in [-0.39, 0.29) is 18.3 Å². The lowest BCUT2D eigenvalue weighted by Gasteiger charge is -2.17. The van der Waals surface area contributed by atoms with Crippen molar-refractivity contribution < 1.29 is 14.2 Å². The summed E-state index contributed by atoms with van der Waals surface area (Å²) in [6, 6.07) is 14.1. The second kappa shape index (κ2) is 6.34. The number of hydrogen-bond acceptors (Lipinski definition) is 2. The summed E-state index contributed by atoms with van der Waals surface area (Å²) < 4.78 is 18.2. The number of benzene rings is 2. The molecule has 0 aliphatic carbocycles. The van der Waals surface area contributed by atoms with Gasteiger partial charge in [0.15, 0.2) is 0 Å². The highest BCUT2D eigenvalue weighted by atomic mass is 19.1. The Labute approximate surface area is 112 Å². The quantitative estimate of drug-likeness (QED) is 0.893. The predicted octanol–water partition coefficient (Wildman–Crippen LogP) is 3.35. The number of ether oxygens (including phenoxy) is 1. The first-order valence-electron chi connectivity index (χ1n) is 6.25. The zero-order chi connectivity index (χ0) is 13.7. The molecule has 0 heterocycles. The molecule has 0 saturated heterocycles. The highest BCUT2D eigenvalue weighted by molar-refractivity contribution is 5.37. The van der Waals surface area contributed by atoms with E-state index in [4.69, 9.17) is 4.74 Å². The lowest BCUT2D eigenvalue weighted by molar-refractivity contribution is 0.281. The fourth-order valence-corrected chi connectivity index (χ4v) is 2.21. The second-order valence-corrected chi connectivity index (χ2v) is 4.39. The average molecular weight is 260 g/mol. The van der Waals surface area contributed by atoms with Gasteiger partial charge in [0.2, 0.25) is 0 Å². The predicted molar refractivity (Wildman–Crippen MR) is 72.9 cm³/mol. The van der Waals surface area contributed by atoms with E-state index in [9.17, 15) is 9.50 Å². The maximum Gasteiger partial charge on any atom is 0.123 e. The van der Waals surface area contributed by atoms with Crippen molar-refractivity contribution in [3.8, 4) is 5.75 Å². The van der Waals surface area contributed by atoms with E-state index >= 15 is 0 Å². The summed E-state index contributed by atoms with van der Waals surface area (Å²) in [5.41, 5.74) is 2.05. The zero-order valence-corrected chi connectivity index (χ0v) is 10.8. The van der Waals surface area contributed by atoms with Gasteiger partial charge in [-0.15, -0.1) is 0 Å². The van der Waals surface area contributed by atoms with Gasteiger partial charge in [0.1, 0.15) is 11.6 Å². The van der Waals surface area contributed by atoms with Gasteiger partial charge < -0.3 is 9.84 Å². The molecule has 2 nitrogen and oxygen atoms in total. The van der Waals surface area contributed by atoms with Crippen LogP contribution in [0.5, 0.6) is 5.75 Å². The van der Waals surface area contributed by atoms with Gasteiger partial charge in [-0.3, -0.25) is 0 Å². The number of aliphatic hydroxyl groups excluding tert-OH is 1. The van der Waals surface area contributed by atoms with Crippen LogP contribution in [0.2, 0.25) is 0 Å².